The second kappa shape index (κ2) is 8.57. The summed E-state index contributed by atoms with van der Waals surface area (Å²) in [4.78, 5) is 22.8. The molecule has 0 aromatic heterocycles. The molecule has 0 saturated carbocycles. The fraction of sp³-hybridized carbons (Fsp3) is 0.500. The van der Waals surface area contributed by atoms with Crippen molar-refractivity contribution in [2.24, 2.45) is 5.10 Å². The Morgan fingerprint density at radius 3 is 2.72 bits per heavy atom. The monoisotopic (exact) mass is 383 g/mol. The number of hydrazone groups is 1. The Morgan fingerprint density at radius 1 is 1.44 bits per heavy atom. The highest BCUT2D eigenvalue weighted by Gasteiger charge is 2.32. The van der Waals surface area contributed by atoms with Gasteiger partial charge in [-0.05, 0) is 32.9 Å². The molecule has 0 atom stereocenters. The first-order valence-electron chi connectivity index (χ1n) is 7.87. The predicted molar refractivity (Wildman–Crippen MR) is 103 cm³/mol. The van der Waals surface area contributed by atoms with Gasteiger partial charge in [0.15, 0.2) is 5.75 Å². The van der Waals surface area contributed by atoms with Gasteiger partial charge in [-0.3, -0.25) is 14.9 Å². The summed E-state index contributed by atoms with van der Waals surface area (Å²) >= 11 is 3.56. The smallest absolute Gasteiger partial charge is 0.311 e. The van der Waals surface area contributed by atoms with Crippen LogP contribution in [0.25, 0.3) is 0 Å². The first-order valence-corrected chi connectivity index (χ1v) is 9.84. The van der Waals surface area contributed by atoms with E-state index in [4.69, 9.17) is 4.74 Å². The number of rotatable bonds is 7. The number of nitro benzene ring substituents is 1. The number of carbonyl (C=O) groups is 1. The number of nitrogens with one attached hydrogen (secondary N) is 1. The van der Waals surface area contributed by atoms with Gasteiger partial charge in [-0.15, -0.1) is 23.5 Å². The fourth-order valence-electron chi connectivity index (χ4n) is 2.36. The third kappa shape index (κ3) is 5.37. The molecule has 0 spiro atoms. The van der Waals surface area contributed by atoms with Crippen LogP contribution in [0.1, 0.15) is 32.8 Å². The van der Waals surface area contributed by atoms with Gasteiger partial charge in [0.1, 0.15) is 0 Å². The lowest BCUT2D eigenvalue weighted by molar-refractivity contribution is -0.385. The van der Waals surface area contributed by atoms with Crippen LogP contribution in [0.4, 0.5) is 5.69 Å². The minimum atomic E-state index is -0.490. The first-order chi connectivity index (χ1) is 11.8. The average molecular weight is 383 g/mol. The molecule has 25 heavy (non-hydrogen) atoms. The van der Waals surface area contributed by atoms with Crippen molar-refractivity contribution in [3.63, 3.8) is 0 Å². The van der Waals surface area contributed by atoms with Crippen LogP contribution < -0.4 is 10.2 Å². The Hall–Kier alpha value is -1.74. The summed E-state index contributed by atoms with van der Waals surface area (Å²) in [6, 6.07) is 4.64. The molecule has 0 aliphatic carbocycles. The maximum atomic E-state index is 12.1. The zero-order valence-corrected chi connectivity index (χ0v) is 16.0. The van der Waals surface area contributed by atoms with E-state index in [0.717, 1.165) is 11.5 Å². The fourth-order valence-corrected chi connectivity index (χ4v) is 5.19. The summed E-state index contributed by atoms with van der Waals surface area (Å²) in [6.07, 6.45) is 0.378. The Kier molecular flexibility index (Phi) is 6.71. The number of benzene rings is 1. The topological polar surface area (TPSA) is 93.8 Å². The van der Waals surface area contributed by atoms with Gasteiger partial charge in [-0.2, -0.15) is 5.10 Å². The molecule has 1 aliphatic heterocycles. The van der Waals surface area contributed by atoms with Gasteiger partial charge in [0.25, 0.3) is 0 Å². The summed E-state index contributed by atoms with van der Waals surface area (Å²) in [5, 5.41) is 15.3. The van der Waals surface area contributed by atoms with E-state index < -0.39 is 4.92 Å². The van der Waals surface area contributed by atoms with E-state index >= 15 is 0 Å². The number of nitrogens with zero attached hydrogens (tertiary/aromatic N) is 2. The van der Waals surface area contributed by atoms with Crippen LogP contribution in [0.3, 0.4) is 0 Å². The van der Waals surface area contributed by atoms with Gasteiger partial charge in [0, 0.05) is 23.1 Å². The predicted octanol–water partition coefficient (Wildman–Crippen LogP) is 3.42. The van der Waals surface area contributed by atoms with Crippen LogP contribution in [0.5, 0.6) is 5.75 Å². The standard InChI is InChI=1S/C16H21N3O4S2/c1-4-23-14-6-5-12(9-13(14)19(21)22)11(2)17-18-15(20)10-16(3)24-7-8-25-16/h5-6,9H,4,7-8,10H2,1-3H3,(H,18,20)/b17-11+. The number of ether oxygens (including phenoxy) is 1. The first kappa shape index (κ1) is 19.6. The number of thioether (sulfide) groups is 2. The zero-order valence-electron chi connectivity index (χ0n) is 14.4. The zero-order chi connectivity index (χ0) is 18.4. The molecule has 2 rings (SSSR count). The molecule has 0 radical (unpaired) electrons. The molecule has 1 aliphatic rings. The van der Waals surface area contributed by atoms with Crippen molar-refractivity contribution in [3.05, 3.63) is 33.9 Å². The Balaban J connectivity index is 2.07. The van der Waals surface area contributed by atoms with Gasteiger partial charge in [0.2, 0.25) is 5.91 Å². The van der Waals surface area contributed by atoms with E-state index in [1.165, 1.54) is 6.07 Å². The number of hydrogen-bond acceptors (Lipinski definition) is 7. The van der Waals surface area contributed by atoms with Gasteiger partial charge < -0.3 is 4.74 Å². The quantitative estimate of drug-likeness (QED) is 0.440. The molecule has 1 amide bonds. The molecule has 1 aromatic carbocycles. The minimum Gasteiger partial charge on any atom is -0.487 e. The van der Waals surface area contributed by atoms with E-state index in [1.54, 1.807) is 49.5 Å². The average Bonchev–Trinajstić information content (AvgIpc) is 2.99. The largest absolute Gasteiger partial charge is 0.487 e. The van der Waals surface area contributed by atoms with Crippen molar-refractivity contribution in [3.8, 4) is 5.75 Å². The summed E-state index contributed by atoms with van der Waals surface area (Å²) in [5.74, 6) is 2.15. The highest BCUT2D eigenvalue weighted by Crippen LogP contribution is 2.45. The summed E-state index contributed by atoms with van der Waals surface area (Å²) in [5.41, 5.74) is 3.48. The summed E-state index contributed by atoms with van der Waals surface area (Å²) < 4.78 is 5.16. The van der Waals surface area contributed by atoms with Gasteiger partial charge in [-0.1, -0.05) is 0 Å². The molecular formula is C16H21N3O4S2. The Bertz CT molecular complexity index is 688. The van der Waals surface area contributed by atoms with Crippen LogP contribution in [0.15, 0.2) is 23.3 Å². The van der Waals surface area contributed by atoms with Gasteiger partial charge in [-0.25, -0.2) is 5.43 Å². The van der Waals surface area contributed by atoms with Crippen LogP contribution >= 0.6 is 23.5 Å². The van der Waals surface area contributed by atoms with Gasteiger partial charge in [0.05, 0.1) is 27.7 Å². The van der Waals surface area contributed by atoms with Crippen LogP contribution in [0.2, 0.25) is 0 Å². The SMILES string of the molecule is CCOc1ccc(/C(C)=N/NC(=O)CC2(C)SCCS2)cc1[N+](=O)[O-]. The number of hydrogen-bond donors (Lipinski definition) is 1. The highest BCUT2D eigenvalue weighted by molar-refractivity contribution is 8.21. The maximum Gasteiger partial charge on any atom is 0.311 e. The molecule has 0 unspecified atom stereocenters. The molecule has 0 bridgehead atoms. The van der Waals surface area contributed by atoms with Crippen molar-refractivity contribution in [2.75, 3.05) is 18.1 Å². The molecule has 1 heterocycles. The maximum absolute atomic E-state index is 12.1. The lowest BCUT2D eigenvalue weighted by Gasteiger charge is -2.19. The normalized spacial score (nSPS) is 16.5. The van der Waals surface area contributed by atoms with E-state index in [2.05, 4.69) is 17.5 Å². The van der Waals surface area contributed by atoms with Crippen molar-refractivity contribution in [1.29, 1.82) is 0 Å². The second-order valence-corrected chi connectivity index (χ2v) is 9.07. The summed E-state index contributed by atoms with van der Waals surface area (Å²) in [7, 11) is 0. The van der Waals surface area contributed by atoms with E-state index in [-0.39, 0.29) is 21.4 Å². The molecule has 1 fully saturated rings. The lowest BCUT2D eigenvalue weighted by Crippen LogP contribution is -2.26. The van der Waals surface area contributed by atoms with Crippen LogP contribution in [-0.4, -0.2) is 38.7 Å². The molecule has 136 valence electrons. The Morgan fingerprint density at radius 2 is 2.12 bits per heavy atom. The lowest BCUT2D eigenvalue weighted by atomic mass is 10.1. The molecular weight excluding hydrogens is 362 g/mol. The molecule has 1 aromatic rings. The van der Waals surface area contributed by atoms with Crippen LogP contribution in [-0.2, 0) is 4.79 Å². The summed E-state index contributed by atoms with van der Waals surface area (Å²) in [6.45, 7) is 5.86. The van der Waals surface area contributed by atoms with E-state index in [0.29, 0.717) is 24.3 Å². The van der Waals surface area contributed by atoms with Gasteiger partial charge >= 0.3 is 5.69 Å². The molecule has 9 heteroatoms. The van der Waals surface area contributed by atoms with E-state index in [1.807, 2.05) is 0 Å². The third-order valence-corrected chi connectivity index (χ3v) is 6.89. The van der Waals surface area contributed by atoms with Crippen molar-refractivity contribution in [1.82, 2.24) is 5.43 Å². The minimum absolute atomic E-state index is 0.106. The van der Waals surface area contributed by atoms with Crippen molar-refractivity contribution in [2.45, 2.75) is 31.3 Å². The highest BCUT2D eigenvalue weighted by atomic mass is 32.2. The van der Waals surface area contributed by atoms with Crippen molar-refractivity contribution >= 4 is 40.8 Å². The molecule has 1 N–H and O–H groups in total. The molecule has 1 saturated heterocycles. The van der Waals surface area contributed by atoms with Crippen molar-refractivity contribution < 1.29 is 14.5 Å². The number of amides is 1. The van der Waals surface area contributed by atoms with Crippen LogP contribution in [0, 0.1) is 10.1 Å². The van der Waals surface area contributed by atoms with E-state index in [9.17, 15) is 14.9 Å². The Labute approximate surface area is 155 Å². The molecule has 7 nitrogen and oxygen atoms in total. The number of nitro groups is 1. The third-order valence-electron chi connectivity index (χ3n) is 3.60. The number of carbonyl (C=O) groups excluding carboxylic acids is 1. The second-order valence-electron chi connectivity index (χ2n) is 5.61.